The normalized spacial score (nSPS) is 16.4. The third-order valence-electron chi connectivity index (χ3n) is 6.73. The zero-order chi connectivity index (χ0) is 25.1. The maximum atomic E-state index is 13.4. The number of rotatable bonds is 4. The molecule has 188 valence electrons. The highest BCUT2D eigenvalue weighted by molar-refractivity contribution is 6.07. The molecule has 9 nitrogen and oxygen atoms in total. The Balaban J connectivity index is 1.31. The largest absolute Gasteiger partial charge is 0.450 e. The predicted molar refractivity (Wildman–Crippen MR) is 135 cm³/mol. The molecule has 36 heavy (non-hydrogen) atoms. The highest BCUT2D eigenvalue weighted by Gasteiger charge is 2.29. The molecule has 0 atom stereocenters. The number of piperazine rings is 2. The zero-order valence-corrected chi connectivity index (χ0v) is 20.3. The van der Waals surface area contributed by atoms with Gasteiger partial charge >= 0.3 is 6.09 Å². The van der Waals surface area contributed by atoms with Gasteiger partial charge in [0.15, 0.2) is 11.5 Å². The van der Waals surface area contributed by atoms with Gasteiger partial charge in [0, 0.05) is 68.8 Å². The van der Waals surface area contributed by atoms with Gasteiger partial charge in [-0.1, -0.05) is 24.3 Å². The molecule has 1 aromatic heterocycles. The molecule has 2 amide bonds. The number of ether oxygens (including phenoxy) is 1. The summed E-state index contributed by atoms with van der Waals surface area (Å²) in [5, 5.41) is 10.5. The maximum absolute atomic E-state index is 13.4. The van der Waals surface area contributed by atoms with Crippen molar-refractivity contribution in [3.05, 3.63) is 60.0 Å². The molecule has 10 heteroatoms. The fourth-order valence-corrected chi connectivity index (χ4v) is 4.77. The lowest BCUT2D eigenvalue weighted by Gasteiger charge is -2.37. The minimum atomic E-state index is -0.348. The number of hydrogen-bond donors (Lipinski definition) is 0. The van der Waals surface area contributed by atoms with E-state index < -0.39 is 0 Å². The molecule has 0 aliphatic carbocycles. The Morgan fingerprint density at radius 2 is 1.42 bits per heavy atom. The summed E-state index contributed by atoms with van der Waals surface area (Å²) in [5.41, 5.74) is 1.32. The molecule has 5 rings (SSSR count). The van der Waals surface area contributed by atoms with Crippen LogP contribution in [0, 0.1) is 5.82 Å². The van der Waals surface area contributed by atoms with Crippen LogP contribution in [0.1, 0.15) is 17.4 Å². The Morgan fingerprint density at radius 1 is 0.806 bits per heavy atom. The lowest BCUT2D eigenvalue weighted by atomic mass is 10.1. The van der Waals surface area contributed by atoms with E-state index in [2.05, 4.69) is 20.0 Å². The first kappa shape index (κ1) is 23.8. The standard InChI is InChI=1S/C26H29FN6O3/c1-2-36-26(35)33-17-15-32(16-18-33)25(34)23-21-5-3-4-6-22(21)24(29-28-23)31-13-11-30(12-14-31)20-9-7-19(27)8-10-20/h3-10H,2,11-18H2,1H3. The second-order valence-corrected chi connectivity index (χ2v) is 8.85. The molecule has 2 saturated heterocycles. The van der Waals surface area contributed by atoms with E-state index >= 15 is 0 Å². The van der Waals surface area contributed by atoms with Gasteiger partial charge in [0.1, 0.15) is 5.82 Å². The van der Waals surface area contributed by atoms with Crippen LogP contribution in [0.3, 0.4) is 0 Å². The molecule has 2 fully saturated rings. The molecule has 0 unspecified atom stereocenters. The van der Waals surface area contributed by atoms with Crippen molar-refractivity contribution in [2.75, 3.05) is 68.8 Å². The summed E-state index contributed by atoms with van der Waals surface area (Å²) < 4.78 is 18.3. The van der Waals surface area contributed by atoms with Crippen molar-refractivity contribution < 1.29 is 18.7 Å². The van der Waals surface area contributed by atoms with Gasteiger partial charge in [-0.05, 0) is 31.2 Å². The van der Waals surface area contributed by atoms with Crippen molar-refractivity contribution in [2.24, 2.45) is 0 Å². The van der Waals surface area contributed by atoms with Crippen molar-refractivity contribution in [3.8, 4) is 0 Å². The molecule has 0 N–H and O–H groups in total. The minimum absolute atomic E-state index is 0.185. The van der Waals surface area contributed by atoms with E-state index in [1.165, 1.54) is 12.1 Å². The van der Waals surface area contributed by atoms with Gasteiger partial charge in [-0.15, -0.1) is 10.2 Å². The molecule has 0 saturated carbocycles. The van der Waals surface area contributed by atoms with E-state index in [9.17, 15) is 14.0 Å². The summed E-state index contributed by atoms with van der Waals surface area (Å²) >= 11 is 0. The molecule has 0 bridgehead atoms. The first-order valence-corrected chi connectivity index (χ1v) is 12.3. The van der Waals surface area contributed by atoms with Crippen molar-refractivity contribution in [2.45, 2.75) is 6.92 Å². The summed E-state index contributed by atoms with van der Waals surface area (Å²) in [7, 11) is 0. The monoisotopic (exact) mass is 492 g/mol. The number of halogens is 1. The smallest absolute Gasteiger partial charge is 0.409 e. The highest BCUT2D eigenvalue weighted by Crippen LogP contribution is 2.28. The third kappa shape index (κ3) is 4.75. The van der Waals surface area contributed by atoms with Crippen LogP contribution in [0.4, 0.5) is 20.7 Å². The fraction of sp³-hybridized carbons (Fsp3) is 0.385. The number of benzene rings is 2. The topological polar surface area (TPSA) is 82.1 Å². The number of nitrogens with zero attached hydrogens (tertiary/aromatic N) is 6. The van der Waals surface area contributed by atoms with Crippen LogP contribution in [0.25, 0.3) is 10.8 Å². The predicted octanol–water partition coefficient (Wildman–Crippen LogP) is 3.01. The zero-order valence-electron chi connectivity index (χ0n) is 20.3. The van der Waals surface area contributed by atoms with E-state index in [-0.39, 0.29) is 17.8 Å². The number of hydrogen-bond acceptors (Lipinski definition) is 7. The van der Waals surface area contributed by atoms with Crippen molar-refractivity contribution in [3.63, 3.8) is 0 Å². The number of amides is 2. The molecule has 2 aromatic carbocycles. The van der Waals surface area contributed by atoms with Crippen molar-refractivity contribution in [1.82, 2.24) is 20.0 Å². The van der Waals surface area contributed by atoms with Gasteiger partial charge in [-0.3, -0.25) is 4.79 Å². The fourth-order valence-electron chi connectivity index (χ4n) is 4.77. The second kappa shape index (κ2) is 10.3. The van der Waals surface area contributed by atoms with Gasteiger partial charge in [0.2, 0.25) is 0 Å². The molecular weight excluding hydrogens is 463 g/mol. The first-order valence-electron chi connectivity index (χ1n) is 12.3. The lowest BCUT2D eigenvalue weighted by molar-refractivity contribution is 0.0567. The Labute approximate surface area is 209 Å². The van der Waals surface area contributed by atoms with Gasteiger partial charge in [-0.25, -0.2) is 9.18 Å². The summed E-state index contributed by atoms with van der Waals surface area (Å²) in [4.78, 5) is 33.1. The van der Waals surface area contributed by atoms with E-state index in [1.54, 1.807) is 28.9 Å². The van der Waals surface area contributed by atoms with E-state index in [4.69, 9.17) is 4.74 Å². The van der Waals surface area contributed by atoms with Crippen molar-refractivity contribution in [1.29, 1.82) is 0 Å². The highest BCUT2D eigenvalue weighted by atomic mass is 19.1. The van der Waals surface area contributed by atoms with Crippen LogP contribution in [0.5, 0.6) is 0 Å². The molecule has 3 heterocycles. The first-order chi connectivity index (χ1) is 17.5. The third-order valence-corrected chi connectivity index (χ3v) is 6.73. The Kier molecular flexibility index (Phi) is 6.84. The van der Waals surface area contributed by atoms with Crippen LogP contribution in [0.15, 0.2) is 48.5 Å². The number of anilines is 2. The summed E-state index contributed by atoms with van der Waals surface area (Å²) in [5.74, 6) is 0.331. The van der Waals surface area contributed by atoms with Crippen molar-refractivity contribution >= 4 is 34.3 Å². The quantitative estimate of drug-likeness (QED) is 0.554. The van der Waals surface area contributed by atoms with Crippen LogP contribution >= 0.6 is 0 Å². The molecule has 2 aliphatic heterocycles. The van der Waals surface area contributed by atoms with E-state index in [0.29, 0.717) is 38.5 Å². The Bertz CT molecular complexity index is 1240. The van der Waals surface area contributed by atoms with Gasteiger partial charge < -0.3 is 24.3 Å². The average Bonchev–Trinajstić information content (AvgIpc) is 2.93. The van der Waals surface area contributed by atoms with Gasteiger partial charge in [0.25, 0.3) is 5.91 Å². The number of fused-ring (bicyclic) bond motifs is 1. The van der Waals surface area contributed by atoms with E-state index in [0.717, 1.165) is 48.5 Å². The van der Waals surface area contributed by atoms with Crippen LogP contribution in [-0.2, 0) is 4.74 Å². The molecule has 2 aliphatic rings. The summed E-state index contributed by atoms with van der Waals surface area (Å²) in [6.07, 6.45) is -0.348. The summed E-state index contributed by atoms with van der Waals surface area (Å²) in [6, 6.07) is 14.3. The average molecular weight is 493 g/mol. The van der Waals surface area contributed by atoms with Gasteiger partial charge in [0.05, 0.1) is 6.61 Å². The number of carbonyl (C=O) groups is 2. The molecular formula is C26H29FN6O3. The SMILES string of the molecule is CCOC(=O)N1CCN(C(=O)c2nnc(N3CCN(c4ccc(F)cc4)CC3)c3ccccc23)CC1. The Hall–Kier alpha value is -3.95. The van der Waals surface area contributed by atoms with Crippen LogP contribution in [-0.4, -0.2) is 91.0 Å². The maximum Gasteiger partial charge on any atom is 0.409 e. The Morgan fingerprint density at radius 3 is 2.08 bits per heavy atom. The number of aromatic nitrogens is 2. The summed E-state index contributed by atoms with van der Waals surface area (Å²) in [6.45, 7) is 6.79. The number of carbonyl (C=O) groups excluding carboxylic acids is 2. The van der Waals surface area contributed by atoms with Gasteiger partial charge in [-0.2, -0.15) is 0 Å². The van der Waals surface area contributed by atoms with Crippen LogP contribution in [0.2, 0.25) is 0 Å². The lowest BCUT2D eigenvalue weighted by Crippen LogP contribution is -2.51. The van der Waals surface area contributed by atoms with E-state index in [1.807, 2.05) is 24.3 Å². The molecule has 0 spiro atoms. The minimum Gasteiger partial charge on any atom is -0.450 e. The molecule has 0 radical (unpaired) electrons. The molecule has 3 aromatic rings. The second-order valence-electron chi connectivity index (χ2n) is 8.85. The van der Waals surface area contributed by atoms with Crippen LogP contribution < -0.4 is 9.80 Å².